The summed E-state index contributed by atoms with van der Waals surface area (Å²) >= 11 is 0. The van der Waals surface area contributed by atoms with Crippen molar-refractivity contribution < 1.29 is 14.3 Å². The smallest absolute Gasteiger partial charge is 0.328 e. The summed E-state index contributed by atoms with van der Waals surface area (Å²) in [6, 6.07) is 17.7. The minimum Gasteiger partial charge on any atom is -0.467 e. The van der Waals surface area contributed by atoms with Gasteiger partial charge in [-0.2, -0.15) is 0 Å². The molecule has 3 N–H and O–H groups in total. The fourth-order valence-electron chi connectivity index (χ4n) is 3.88. The molecule has 6 nitrogen and oxygen atoms in total. The van der Waals surface area contributed by atoms with Crippen molar-refractivity contribution in [2.24, 2.45) is 0 Å². The van der Waals surface area contributed by atoms with Crippen molar-refractivity contribution in [3.63, 3.8) is 0 Å². The number of carbonyl (C=O) groups is 2. The van der Waals surface area contributed by atoms with Crippen LogP contribution < -0.4 is 10.6 Å². The molecule has 0 radical (unpaired) electrons. The largest absolute Gasteiger partial charge is 0.467 e. The first kappa shape index (κ1) is 24.1. The van der Waals surface area contributed by atoms with Gasteiger partial charge in [-0.1, -0.05) is 61.5 Å². The Balaban J connectivity index is 1.39. The number of amides is 1. The fraction of sp³-hybridized carbons (Fsp3) is 0.333. The molecular weight excluding hydrogens is 414 g/mol. The van der Waals surface area contributed by atoms with Crippen LogP contribution in [0.5, 0.6) is 0 Å². The number of aromatic amines is 1. The summed E-state index contributed by atoms with van der Waals surface area (Å²) in [5.41, 5.74) is 3.94. The van der Waals surface area contributed by atoms with Crippen LogP contribution in [0.25, 0.3) is 10.9 Å². The SMILES string of the molecule is C=C(CNC(=O)CCCCCc1ccccc1)NC(Cc1c[nH]c2ccccc12)C(=O)OC. The van der Waals surface area contributed by atoms with Gasteiger partial charge in [0.25, 0.3) is 0 Å². The molecule has 3 aromatic rings. The van der Waals surface area contributed by atoms with Gasteiger partial charge >= 0.3 is 5.97 Å². The zero-order chi connectivity index (χ0) is 23.5. The number of benzene rings is 2. The highest BCUT2D eigenvalue weighted by atomic mass is 16.5. The summed E-state index contributed by atoms with van der Waals surface area (Å²) < 4.78 is 4.97. The van der Waals surface area contributed by atoms with E-state index >= 15 is 0 Å². The highest BCUT2D eigenvalue weighted by molar-refractivity contribution is 5.84. The standard InChI is InChI=1S/C27H33N3O3/c1-20(18-29-26(31)16-8-4-7-13-21-11-5-3-6-12-21)30-25(27(32)33-2)17-22-19-28-24-15-10-9-14-23(22)24/h3,5-6,9-12,14-15,19,25,28,30H,1,4,7-8,13,16-18H2,2H3,(H,29,31). The van der Waals surface area contributed by atoms with Crippen molar-refractivity contribution >= 4 is 22.8 Å². The molecule has 1 heterocycles. The van der Waals surface area contributed by atoms with Crippen molar-refractivity contribution in [3.8, 4) is 0 Å². The highest BCUT2D eigenvalue weighted by Crippen LogP contribution is 2.19. The first-order valence-corrected chi connectivity index (χ1v) is 11.4. The minimum absolute atomic E-state index is 0.0103. The molecule has 1 atom stereocenters. The summed E-state index contributed by atoms with van der Waals surface area (Å²) in [5.74, 6) is -0.380. The van der Waals surface area contributed by atoms with Gasteiger partial charge in [0.2, 0.25) is 5.91 Å². The van der Waals surface area contributed by atoms with Crippen LogP contribution >= 0.6 is 0 Å². The van der Waals surface area contributed by atoms with Gasteiger partial charge in [0.1, 0.15) is 6.04 Å². The van der Waals surface area contributed by atoms with Crippen LogP contribution in [0.2, 0.25) is 0 Å². The molecule has 0 aliphatic carbocycles. The first-order chi connectivity index (χ1) is 16.1. The second-order valence-corrected chi connectivity index (χ2v) is 8.21. The number of para-hydroxylation sites is 1. The lowest BCUT2D eigenvalue weighted by molar-refractivity contribution is -0.142. The average molecular weight is 448 g/mol. The Labute approximate surface area is 195 Å². The van der Waals surface area contributed by atoms with E-state index in [2.05, 4.69) is 46.5 Å². The van der Waals surface area contributed by atoms with Gasteiger partial charge in [0.15, 0.2) is 0 Å². The number of aromatic nitrogens is 1. The van der Waals surface area contributed by atoms with Gasteiger partial charge in [-0.15, -0.1) is 0 Å². The molecule has 0 aliphatic rings. The number of methoxy groups -OCH3 is 1. The number of H-pyrrole nitrogens is 1. The second-order valence-electron chi connectivity index (χ2n) is 8.21. The van der Waals surface area contributed by atoms with Crippen LogP contribution in [0, 0.1) is 0 Å². The predicted molar refractivity (Wildman–Crippen MR) is 132 cm³/mol. The van der Waals surface area contributed by atoms with E-state index in [0.29, 0.717) is 18.5 Å². The number of aryl methyl sites for hydroxylation is 1. The van der Waals surface area contributed by atoms with Gasteiger partial charge < -0.3 is 20.4 Å². The lowest BCUT2D eigenvalue weighted by Gasteiger charge is -2.19. The molecule has 0 saturated carbocycles. The number of hydrogen-bond acceptors (Lipinski definition) is 4. The van der Waals surface area contributed by atoms with Gasteiger partial charge in [-0.25, -0.2) is 4.79 Å². The number of unbranched alkanes of at least 4 members (excludes halogenated alkanes) is 2. The third-order valence-corrected chi connectivity index (χ3v) is 5.67. The van der Waals surface area contributed by atoms with Crippen LogP contribution in [-0.4, -0.2) is 36.6 Å². The quantitative estimate of drug-likeness (QED) is 0.270. The Bertz CT molecular complexity index is 1060. The van der Waals surface area contributed by atoms with Crippen molar-refractivity contribution in [2.75, 3.05) is 13.7 Å². The van der Waals surface area contributed by atoms with Crippen LogP contribution in [0.1, 0.15) is 36.8 Å². The monoisotopic (exact) mass is 447 g/mol. The van der Waals surface area contributed by atoms with Gasteiger partial charge in [-0.3, -0.25) is 4.79 Å². The van der Waals surface area contributed by atoms with Crippen molar-refractivity contribution in [1.29, 1.82) is 0 Å². The Hall–Kier alpha value is -3.54. The van der Waals surface area contributed by atoms with E-state index in [1.807, 2.05) is 36.5 Å². The zero-order valence-corrected chi connectivity index (χ0v) is 19.2. The summed E-state index contributed by atoms with van der Waals surface area (Å²) in [7, 11) is 1.37. The molecule has 1 aromatic heterocycles. The Morgan fingerprint density at radius 3 is 2.58 bits per heavy atom. The molecule has 3 rings (SSSR count). The molecule has 6 heteroatoms. The van der Waals surface area contributed by atoms with E-state index in [-0.39, 0.29) is 18.4 Å². The van der Waals surface area contributed by atoms with Crippen LogP contribution in [0.15, 0.2) is 73.1 Å². The van der Waals surface area contributed by atoms with Crippen molar-refractivity contribution in [2.45, 2.75) is 44.6 Å². The predicted octanol–water partition coefficient (Wildman–Crippen LogP) is 4.27. The van der Waals surface area contributed by atoms with Gasteiger partial charge in [0.05, 0.1) is 13.7 Å². The summed E-state index contributed by atoms with van der Waals surface area (Å²) in [6.45, 7) is 4.24. The number of hydrogen-bond donors (Lipinski definition) is 3. The van der Waals surface area contributed by atoms with Crippen molar-refractivity contribution in [1.82, 2.24) is 15.6 Å². The molecular formula is C27H33N3O3. The summed E-state index contributed by atoms with van der Waals surface area (Å²) in [4.78, 5) is 27.7. The van der Waals surface area contributed by atoms with E-state index in [9.17, 15) is 9.59 Å². The number of rotatable bonds is 13. The highest BCUT2D eigenvalue weighted by Gasteiger charge is 2.21. The molecule has 2 aromatic carbocycles. The maximum atomic E-state index is 12.3. The fourth-order valence-corrected chi connectivity index (χ4v) is 3.88. The van der Waals surface area contributed by atoms with E-state index in [1.165, 1.54) is 12.7 Å². The average Bonchev–Trinajstić information content (AvgIpc) is 3.25. The molecule has 1 amide bonds. The minimum atomic E-state index is -0.586. The number of fused-ring (bicyclic) bond motifs is 1. The molecule has 0 saturated heterocycles. The molecule has 33 heavy (non-hydrogen) atoms. The lowest BCUT2D eigenvalue weighted by Crippen LogP contribution is -2.41. The normalized spacial score (nSPS) is 11.7. The third kappa shape index (κ3) is 7.52. The van der Waals surface area contributed by atoms with Crippen molar-refractivity contribution in [3.05, 3.63) is 84.2 Å². The Kier molecular flexibility index (Phi) is 9.12. The number of esters is 1. The van der Waals surface area contributed by atoms with Gasteiger partial charge in [-0.05, 0) is 36.5 Å². The van der Waals surface area contributed by atoms with Gasteiger partial charge in [0, 0.05) is 35.6 Å². The molecule has 0 bridgehead atoms. The number of nitrogens with one attached hydrogen (secondary N) is 3. The zero-order valence-electron chi connectivity index (χ0n) is 19.2. The maximum absolute atomic E-state index is 12.3. The lowest BCUT2D eigenvalue weighted by atomic mass is 10.0. The second kappa shape index (κ2) is 12.5. The first-order valence-electron chi connectivity index (χ1n) is 11.4. The molecule has 0 fully saturated rings. The van der Waals surface area contributed by atoms with Crippen LogP contribution in [0.3, 0.4) is 0 Å². The number of carbonyl (C=O) groups excluding carboxylic acids is 2. The van der Waals surface area contributed by atoms with Crippen LogP contribution in [0.4, 0.5) is 0 Å². The van der Waals surface area contributed by atoms with E-state index < -0.39 is 6.04 Å². The molecule has 174 valence electrons. The molecule has 0 spiro atoms. The van der Waals surface area contributed by atoms with E-state index in [0.717, 1.165) is 42.1 Å². The Morgan fingerprint density at radius 2 is 1.79 bits per heavy atom. The van der Waals surface area contributed by atoms with E-state index in [1.54, 1.807) is 0 Å². The summed E-state index contributed by atoms with van der Waals surface area (Å²) in [5, 5.41) is 7.07. The number of ether oxygens (including phenoxy) is 1. The maximum Gasteiger partial charge on any atom is 0.328 e. The Morgan fingerprint density at radius 1 is 1.03 bits per heavy atom. The van der Waals surface area contributed by atoms with E-state index in [4.69, 9.17) is 4.74 Å². The summed E-state index contributed by atoms with van der Waals surface area (Å²) in [6.07, 6.45) is 6.81. The van der Waals surface area contributed by atoms with Crippen LogP contribution in [-0.2, 0) is 27.2 Å². The topological polar surface area (TPSA) is 83.2 Å². The molecule has 0 aliphatic heterocycles. The molecule has 1 unspecified atom stereocenters. The third-order valence-electron chi connectivity index (χ3n) is 5.67.